The minimum absolute atomic E-state index is 0.0868. The molecule has 2 aromatic rings. The molecule has 0 saturated heterocycles. The molecule has 0 bridgehead atoms. The molecule has 1 aromatic heterocycles. The molecule has 2 rings (SSSR count). The number of hydrogen-bond acceptors (Lipinski definition) is 7. The molecule has 0 spiro atoms. The van der Waals surface area contributed by atoms with Crippen LogP contribution in [0.3, 0.4) is 0 Å². The summed E-state index contributed by atoms with van der Waals surface area (Å²) < 4.78 is 0. The van der Waals surface area contributed by atoms with E-state index in [1.54, 1.807) is 20.0 Å². The lowest BCUT2D eigenvalue weighted by Gasteiger charge is -2.23. The Morgan fingerprint density at radius 1 is 1.11 bits per heavy atom. The molecule has 0 aliphatic heterocycles. The molecule has 0 fully saturated rings. The number of primary amides is 1. The topological polar surface area (TPSA) is 134 Å². The monoisotopic (exact) mass is 509 g/mol. The quantitative estimate of drug-likeness (QED) is 0.374. The fourth-order valence-corrected chi connectivity index (χ4v) is 3.61. The Hall–Kier alpha value is -3.79. The molecule has 0 saturated carbocycles. The average Bonchev–Trinajstić information content (AvgIpc) is 2.83. The van der Waals surface area contributed by atoms with Crippen molar-refractivity contribution in [3.63, 3.8) is 0 Å². The van der Waals surface area contributed by atoms with Gasteiger partial charge in [-0.25, -0.2) is 9.97 Å². The highest BCUT2D eigenvalue weighted by Gasteiger charge is 2.21. The average molecular weight is 510 g/mol. The first-order valence-electron chi connectivity index (χ1n) is 12.3. The Labute approximate surface area is 219 Å². The zero-order chi connectivity index (χ0) is 27.7. The summed E-state index contributed by atoms with van der Waals surface area (Å²) in [6.45, 7) is 8.57. The summed E-state index contributed by atoms with van der Waals surface area (Å²) in [5.74, 6) is -0.658. The Bertz CT molecular complexity index is 1140. The number of aryl methyl sites for hydroxylation is 1. The molecule has 10 heteroatoms. The van der Waals surface area contributed by atoms with Gasteiger partial charge in [0, 0.05) is 31.9 Å². The summed E-state index contributed by atoms with van der Waals surface area (Å²) in [6.07, 6.45) is 3.82. The predicted molar refractivity (Wildman–Crippen MR) is 146 cm³/mol. The van der Waals surface area contributed by atoms with Crippen LogP contribution < -0.4 is 16.4 Å². The normalized spacial score (nSPS) is 12.1. The lowest BCUT2D eigenvalue weighted by Crippen LogP contribution is -2.45. The number of amides is 3. The van der Waals surface area contributed by atoms with Crippen molar-refractivity contribution in [1.82, 2.24) is 25.1 Å². The van der Waals surface area contributed by atoms with E-state index < -0.39 is 11.9 Å². The first kappa shape index (κ1) is 29.4. The maximum atomic E-state index is 12.6. The zero-order valence-electron chi connectivity index (χ0n) is 22.8. The van der Waals surface area contributed by atoms with E-state index in [9.17, 15) is 14.4 Å². The second-order valence-electron chi connectivity index (χ2n) is 9.57. The Morgan fingerprint density at radius 3 is 2.43 bits per heavy atom. The van der Waals surface area contributed by atoms with Gasteiger partial charge in [0.05, 0.1) is 11.4 Å². The number of rotatable bonds is 12. The highest BCUT2D eigenvalue weighted by molar-refractivity contribution is 5.96. The van der Waals surface area contributed by atoms with E-state index >= 15 is 0 Å². The molecule has 1 atom stereocenters. The SMILES string of the molecule is Cc1nc(C(N)=O)c(Nc2cccc(CCNC(=O)[C@H](C)N(C)C(=O)/C=C/CN(C)C)c2)nc1C(C)C. The fraction of sp³-hybridized carbons (Fsp3) is 0.444. The van der Waals surface area contributed by atoms with Crippen molar-refractivity contribution in [3.05, 3.63) is 59.1 Å². The van der Waals surface area contributed by atoms with Gasteiger partial charge in [0.2, 0.25) is 11.8 Å². The van der Waals surface area contributed by atoms with Gasteiger partial charge in [-0.15, -0.1) is 0 Å². The first-order valence-corrected chi connectivity index (χ1v) is 12.3. The van der Waals surface area contributed by atoms with Crippen molar-refractivity contribution in [2.75, 3.05) is 39.5 Å². The Kier molecular flexibility index (Phi) is 10.7. The maximum absolute atomic E-state index is 12.6. The lowest BCUT2D eigenvalue weighted by atomic mass is 10.1. The van der Waals surface area contributed by atoms with Crippen molar-refractivity contribution in [1.29, 1.82) is 0 Å². The number of nitrogens with two attached hydrogens (primary N) is 1. The third-order valence-electron chi connectivity index (χ3n) is 5.83. The van der Waals surface area contributed by atoms with Crippen molar-refractivity contribution in [2.45, 2.75) is 46.1 Å². The molecular formula is C27H39N7O3. The molecule has 0 radical (unpaired) electrons. The van der Waals surface area contributed by atoms with Crippen molar-refractivity contribution >= 4 is 29.2 Å². The third-order valence-corrected chi connectivity index (χ3v) is 5.83. The molecule has 200 valence electrons. The van der Waals surface area contributed by atoms with E-state index in [0.717, 1.165) is 16.9 Å². The van der Waals surface area contributed by atoms with Crippen LogP contribution in [0.4, 0.5) is 11.5 Å². The van der Waals surface area contributed by atoms with E-state index in [1.807, 2.05) is 64.0 Å². The molecule has 1 heterocycles. The Morgan fingerprint density at radius 2 is 1.81 bits per heavy atom. The minimum atomic E-state index is -0.655. The van der Waals surface area contributed by atoms with Gasteiger partial charge in [-0.1, -0.05) is 32.1 Å². The van der Waals surface area contributed by atoms with Crippen molar-refractivity contribution < 1.29 is 14.4 Å². The summed E-state index contributed by atoms with van der Waals surface area (Å²) in [6, 6.07) is 7.00. The highest BCUT2D eigenvalue weighted by Crippen LogP contribution is 2.23. The summed E-state index contributed by atoms with van der Waals surface area (Å²) in [4.78, 5) is 49.2. The first-order chi connectivity index (χ1) is 17.4. The molecule has 0 aliphatic rings. The highest BCUT2D eigenvalue weighted by atomic mass is 16.2. The standard InChI is InChI=1S/C27H39N7O3/c1-17(2)23-18(3)30-24(25(28)36)26(32-23)31-21-11-8-10-20(16-21)13-14-29-27(37)19(4)34(7)22(35)12-9-15-33(5)6/h8-12,16-17,19H,13-15H2,1-7H3,(H2,28,36)(H,29,37)(H,31,32)/b12-9+/t19-/m0/s1. The summed E-state index contributed by atoms with van der Waals surface area (Å²) in [7, 11) is 5.44. The van der Waals surface area contributed by atoms with Crippen LogP contribution >= 0.6 is 0 Å². The van der Waals surface area contributed by atoms with Gasteiger partial charge in [-0.3, -0.25) is 14.4 Å². The summed E-state index contributed by atoms with van der Waals surface area (Å²) in [5.41, 5.74) is 8.78. The van der Waals surface area contributed by atoms with Crippen molar-refractivity contribution in [3.8, 4) is 0 Å². The van der Waals surface area contributed by atoms with Crippen LogP contribution in [0, 0.1) is 6.92 Å². The lowest BCUT2D eigenvalue weighted by molar-refractivity contribution is -0.135. The van der Waals surface area contributed by atoms with Gasteiger partial charge in [0.1, 0.15) is 6.04 Å². The number of anilines is 2. The smallest absolute Gasteiger partial charge is 0.271 e. The molecule has 10 nitrogen and oxygen atoms in total. The van der Waals surface area contributed by atoms with E-state index in [-0.39, 0.29) is 23.4 Å². The fourth-order valence-electron chi connectivity index (χ4n) is 3.61. The third kappa shape index (κ3) is 8.68. The second-order valence-corrected chi connectivity index (χ2v) is 9.57. The molecule has 0 aliphatic carbocycles. The van der Waals surface area contributed by atoms with E-state index in [0.29, 0.717) is 31.0 Å². The number of benzene rings is 1. The maximum Gasteiger partial charge on any atom is 0.271 e. The molecule has 37 heavy (non-hydrogen) atoms. The Balaban J connectivity index is 2.01. The van der Waals surface area contributed by atoms with Gasteiger partial charge in [0.25, 0.3) is 5.91 Å². The van der Waals surface area contributed by atoms with E-state index in [1.165, 1.54) is 11.0 Å². The van der Waals surface area contributed by atoms with Crippen molar-refractivity contribution in [2.24, 2.45) is 5.73 Å². The number of nitrogens with zero attached hydrogens (tertiary/aromatic N) is 4. The number of nitrogens with one attached hydrogen (secondary N) is 2. The molecule has 1 aromatic carbocycles. The van der Waals surface area contributed by atoms with Crippen LogP contribution in [0.2, 0.25) is 0 Å². The summed E-state index contributed by atoms with van der Waals surface area (Å²) >= 11 is 0. The van der Waals surface area contributed by atoms with Crippen LogP contribution in [0.5, 0.6) is 0 Å². The van der Waals surface area contributed by atoms with Crippen LogP contribution in [0.15, 0.2) is 36.4 Å². The number of carbonyl (C=O) groups is 3. The number of hydrogen-bond donors (Lipinski definition) is 3. The van der Waals surface area contributed by atoms with Gasteiger partial charge in [-0.05, 0) is 58.0 Å². The summed E-state index contributed by atoms with van der Waals surface area (Å²) in [5, 5.41) is 6.06. The molecule has 0 unspecified atom stereocenters. The van der Waals surface area contributed by atoms with E-state index in [2.05, 4.69) is 20.6 Å². The van der Waals surface area contributed by atoms with E-state index in [4.69, 9.17) is 5.73 Å². The van der Waals surface area contributed by atoms with Crippen LogP contribution in [-0.4, -0.2) is 77.8 Å². The van der Waals surface area contributed by atoms with Crippen LogP contribution in [-0.2, 0) is 16.0 Å². The molecule has 3 amide bonds. The van der Waals surface area contributed by atoms with Gasteiger partial charge >= 0.3 is 0 Å². The molecular weight excluding hydrogens is 470 g/mol. The van der Waals surface area contributed by atoms with Gasteiger partial charge < -0.3 is 26.2 Å². The predicted octanol–water partition coefficient (Wildman–Crippen LogP) is 2.37. The molecule has 4 N–H and O–H groups in total. The van der Waals surface area contributed by atoms with Crippen LogP contribution in [0.25, 0.3) is 0 Å². The second kappa shape index (κ2) is 13.5. The minimum Gasteiger partial charge on any atom is -0.364 e. The number of carbonyl (C=O) groups excluding carboxylic acids is 3. The van der Waals surface area contributed by atoms with Gasteiger partial charge in [-0.2, -0.15) is 0 Å². The van der Waals surface area contributed by atoms with Gasteiger partial charge in [0.15, 0.2) is 11.5 Å². The number of likely N-dealkylation sites (N-methyl/N-ethyl adjacent to an activating group) is 2. The zero-order valence-corrected chi connectivity index (χ0v) is 22.8. The van der Waals surface area contributed by atoms with Crippen LogP contribution in [0.1, 0.15) is 54.1 Å². The largest absolute Gasteiger partial charge is 0.364 e. The number of aromatic nitrogens is 2.